The number of hydrogen-bond donors (Lipinski definition) is 1. The number of aliphatic hydroxyl groups excluding tert-OH is 1. The van der Waals surface area contributed by atoms with Gasteiger partial charge in [0.05, 0.1) is 37.5 Å². The summed E-state index contributed by atoms with van der Waals surface area (Å²) in [6.07, 6.45) is -0.00817. The number of methoxy groups -OCH3 is 2. The molecule has 4 rings (SSSR count). The van der Waals surface area contributed by atoms with E-state index in [0.29, 0.717) is 34.1 Å². The monoisotopic (exact) mass is 487 g/mol. The van der Waals surface area contributed by atoms with Crippen molar-refractivity contribution in [1.29, 1.82) is 0 Å². The molecule has 7 nitrogen and oxygen atoms in total. The van der Waals surface area contributed by atoms with E-state index in [1.807, 2.05) is 26.8 Å². The van der Waals surface area contributed by atoms with Crippen molar-refractivity contribution in [3.05, 3.63) is 89.0 Å². The van der Waals surface area contributed by atoms with E-state index in [1.54, 1.807) is 67.8 Å². The highest BCUT2D eigenvalue weighted by atomic mass is 16.5. The molecule has 0 aliphatic carbocycles. The van der Waals surface area contributed by atoms with Crippen molar-refractivity contribution >= 4 is 23.1 Å². The predicted molar refractivity (Wildman–Crippen MR) is 138 cm³/mol. The maximum absolute atomic E-state index is 13.4. The Balaban J connectivity index is 1.93. The summed E-state index contributed by atoms with van der Waals surface area (Å²) in [6.45, 7) is 5.72. The third-order valence-corrected chi connectivity index (χ3v) is 5.95. The molecular weight excluding hydrogens is 458 g/mol. The zero-order chi connectivity index (χ0) is 26.0. The number of nitrogens with zero attached hydrogens (tertiary/aromatic N) is 1. The lowest BCUT2D eigenvalue weighted by molar-refractivity contribution is -0.132. The molecule has 1 aliphatic rings. The van der Waals surface area contributed by atoms with Gasteiger partial charge in [0, 0.05) is 5.69 Å². The standard InChI is InChI=1S/C29H29NO6/c1-17(2)36-21-12-10-20(11-13-21)30-26(19-7-6-8-22(16-19)34-4)25(28(32)29(30)33)27(31)23-15-18(3)9-14-24(23)35-5/h6-17,26,31H,1-5H3/b27-25+. The van der Waals surface area contributed by atoms with Crippen LogP contribution in [0.2, 0.25) is 0 Å². The SMILES string of the molecule is COc1cccc(C2/C(=C(\O)c3cc(C)ccc3OC)C(=O)C(=O)N2c2ccc(OC(C)C)cc2)c1. The van der Waals surface area contributed by atoms with Crippen LogP contribution >= 0.6 is 0 Å². The van der Waals surface area contributed by atoms with Crippen LogP contribution in [0.5, 0.6) is 17.2 Å². The first-order chi connectivity index (χ1) is 17.2. The van der Waals surface area contributed by atoms with E-state index in [-0.39, 0.29) is 17.4 Å². The average molecular weight is 488 g/mol. The Bertz CT molecular complexity index is 1330. The van der Waals surface area contributed by atoms with Gasteiger partial charge in [-0.1, -0.05) is 23.8 Å². The largest absolute Gasteiger partial charge is 0.507 e. The lowest BCUT2D eigenvalue weighted by Gasteiger charge is -2.26. The molecule has 36 heavy (non-hydrogen) atoms. The second-order valence-electron chi connectivity index (χ2n) is 8.81. The molecule has 0 saturated carbocycles. The van der Waals surface area contributed by atoms with Gasteiger partial charge in [-0.05, 0) is 74.9 Å². The van der Waals surface area contributed by atoms with Crippen molar-refractivity contribution in [1.82, 2.24) is 0 Å². The van der Waals surface area contributed by atoms with Crippen molar-refractivity contribution in [3.63, 3.8) is 0 Å². The van der Waals surface area contributed by atoms with Crippen molar-refractivity contribution in [2.24, 2.45) is 0 Å². The lowest BCUT2D eigenvalue weighted by Crippen LogP contribution is -2.29. The van der Waals surface area contributed by atoms with Crippen LogP contribution in [-0.2, 0) is 9.59 Å². The molecule has 186 valence electrons. The number of Topliss-reactive ketones (excluding diaryl/α,β-unsaturated/α-hetero) is 1. The van der Waals surface area contributed by atoms with Gasteiger partial charge in [-0.3, -0.25) is 14.5 Å². The summed E-state index contributed by atoms with van der Waals surface area (Å²) >= 11 is 0. The van der Waals surface area contributed by atoms with E-state index in [0.717, 1.165) is 5.56 Å². The van der Waals surface area contributed by atoms with Gasteiger partial charge in [0.2, 0.25) is 0 Å². The average Bonchev–Trinajstić information content (AvgIpc) is 3.14. The molecule has 1 fully saturated rings. The minimum Gasteiger partial charge on any atom is -0.507 e. The highest BCUT2D eigenvalue weighted by Gasteiger charge is 2.47. The van der Waals surface area contributed by atoms with E-state index in [2.05, 4.69) is 0 Å². The van der Waals surface area contributed by atoms with E-state index in [9.17, 15) is 14.7 Å². The van der Waals surface area contributed by atoms with E-state index in [4.69, 9.17) is 14.2 Å². The Hall–Kier alpha value is -4.26. The van der Waals surface area contributed by atoms with Crippen LogP contribution < -0.4 is 19.1 Å². The fourth-order valence-corrected chi connectivity index (χ4v) is 4.34. The first-order valence-corrected chi connectivity index (χ1v) is 11.6. The summed E-state index contributed by atoms with van der Waals surface area (Å²) < 4.78 is 16.6. The van der Waals surface area contributed by atoms with Crippen molar-refractivity contribution in [3.8, 4) is 17.2 Å². The minimum atomic E-state index is -0.887. The zero-order valence-electron chi connectivity index (χ0n) is 20.9. The van der Waals surface area contributed by atoms with Gasteiger partial charge >= 0.3 is 0 Å². The Labute approximate surface area is 210 Å². The van der Waals surface area contributed by atoms with Gasteiger partial charge in [0.25, 0.3) is 11.7 Å². The summed E-state index contributed by atoms with van der Waals surface area (Å²) in [6, 6.07) is 18.4. The number of rotatable bonds is 7. The molecule has 0 aromatic heterocycles. The minimum absolute atomic E-state index is 0.00817. The van der Waals surface area contributed by atoms with E-state index >= 15 is 0 Å². The van der Waals surface area contributed by atoms with Crippen molar-refractivity contribution < 1.29 is 28.9 Å². The van der Waals surface area contributed by atoms with Gasteiger partial charge in [-0.25, -0.2) is 0 Å². The molecule has 3 aromatic carbocycles. The smallest absolute Gasteiger partial charge is 0.300 e. The molecule has 1 amide bonds. The number of anilines is 1. The summed E-state index contributed by atoms with van der Waals surface area (Å²) in [7, 11) is 3.03. The number of carbonyl (C=O) groups excluding carboxylic acids is 2. The Kier molecular flexibility index (Phi) is 7.01. The molecule has 1 aliphatic heterocycles. The zero-order valence-corrected chi connectivity index (χ0v) is 20.9. The molecule has 1 N–H and O–H groups in total. The van der Waals surface area contributed by atoms with Crippen molar-refractivity contribution in [2.75, 3.05) is 19.1 Å². The molecule has 1 saturated heterocycles. The number of aryl methyl sites for hydroxylation is 1. The maximum atomic E-state index is 13.4. The first-order valence-electron chi connectivity index (χ1n) is 11.6. The summed E-state index contributed by atoms with van der Waals surface area (Å²) in [5, 5.41) is 11.5. The normalized spacial score (nSPS) is 16.9. The first kappa shape index (κ1) is 24.9. The number of hydrogen-bond acceptors (Lipinski definition) is 6. The Morgan fingerprint density at radius 1 is 0.917 bits per heavy atom. The molecule has 0 spiro atoms. The molecule has 1 unspecified atom stereocenters. The van der Waals surface area contributed by atoms with E-state index < -0.39 is 17.7 Å². The molecule has 1 atom stereocenters. The van der Waals surface area contributed by atoms with Crippen LogP contribution in [0.1, 0.15) is 36.6 Å². The maximum Gasteiger partial charge on any atom is 0.300 e. The highest BCUT2D eigenvalue weighted by Crippen LogP contribution is 2.44. The number of benzene rings is 3. The van der Waals surface area contributed by atoms with Gasteiger partial charge in [-0.15, -0.1) is 0 Å². The summed E-state index contributed by atoms with van der Waals surface area (Å²) in [5.74, 6) is -0.229. The number of aliphatic hydroxyl groups is 1. The van der Waals surface area contributed by atoms with Crippen LogP contribution in [0, 0.1) is 6.92 Å². The molecular formula is C29H29NO6. The molecule has 7 heteroatoms. The summed E-state index contributed by atoms with van der Waals surface area (Å²) in [5.41, 5.74) is 2.29. The number of ether oxygens (including phenoxy) is 3. The molecule has 0 radical (unpaired) electrons. The predicted octanol–water partition coefficient (Wildman–Crippen LogP) is 5.43. The molecule has 1 heterocycles. The molecule has 3 aromatic rings. The van der Waals surface area contributed by atoms with Gasteiger partial charge < -0.3 is 19.3 Å². The highest BCUT2D eigenvalue weighted by molar-refractivity contribution is 6.51. The van der Waals surface area contributed by atoms with Crippen LogP contribution in [0.4, 0.5) is 5.69 Å². The summed E-state index contributed by atoms with van der Waals surface area (Å²) in [4.78, 5) is 28.2. The lowest BCUT2D eigenvalue weighted by atomic mass is 9.94. The fourth-order valence-electron chi connectivity index (χ4n) is 4.34. The van der Waals surface area contributed by atoms with Crippen LogP contribution in [0.25, 0.3) is 5.76 Å². The van der Waals surface area contributed by atoms with E-state index in [1.165, 1.54) is 12.0 Å². The van der Waals surface area contributed by atoms with Crippen LogP contribution in [0.15, 0.2) is 72.3 Å². The number of ketones is 1. The second kappa shape index (κ2) is 10.2. The van der Waals surface area contributed by atoms with Gasteiger partial charge in [-0.2, -0.15) is 0 Å². The second-order valence-corrected chi connectivity index (χ2v) is 8.81. The third kappa shape index (κ3) is 4.64. The number of amides is 1. The molecule has 0 bridgehead atoms. The van der Waals surface area contributed by atoms with Crippen LogP contribution in [0.3, 0.4) is 0 Å². The Morgan fingerprint density at radius 2 is 1.64 bits per heavy atom. The number of carbonyl (C=O) groups is 2. The fraction of sp³-hybridized carbons (Fsp3) is 0.241. The van der Waals surface area contributed by atoms with Gasteiger partial charge in [0.1, 0.15) is 23.0 Å². The van der Waals surface area contributed by atoms with Crippen molar-refractivity contribution in [2.45, 2.75) is 32.9 Å². The van der Waals surface area contributed by atoms with Crippen LogP contribution in [-0.4, -0.2) is 37.1 Å². The van der Waals surface area contributed by atoms with Gasteiger partial charge in [0.15, 0.2) is 0 Å². The third-order valence-electron chi connectivity index (χ3n) is 5.95. The topological polar surface area (TPSA) is 85.3 Å². The quantitative estimate of drug-likeness (QED) is 0.272. The Morgan fingerprint density at radius 3 is 2.28 bits per heavy atom.